The molecule has 0 saturated carbocycles. The highest BCUT2D eigenvalue weighted by molar-refractivity contribution is 8.18. The molecule has 2 aliphatic rings. The molecule has 148 valence electrons. The van der Waals surface area contributed by atoms with Gasteiger partial charge in [-0.05, 0) is 54.8 Å². The molecule has 0 aromatic heterocycles. The van der Waals surface area contributed by atoms with Crippen molar-refractivity contribution in [3.05, 3.63) is 34.7 Å². The molecule has 0 atom stereocenters. The molecule has 2 saturated heterocycles. The summed E-state index contributed by atoms with van der Waals surface area (Å²) in [6.07, 6.45) is 4.47. The summed E-state index contributed by atoms with van der Waals surface area (Å²) in [7, 11) is 0. The molecule has 2 aliphatic heterocycles. The number of thioether (sulfide) groups is 1. The van der Waals surface area contributed by atoms with E-state index in [1.807, 2.05) is 0 Å². The quantitative estimate of drug-likeness (QED) is 0.649. The van der Waals surface area contributed by atoms with Crippen LogP contribution in [0.15, 0.2) is 29.2 Å². The molecule has 2 heterocycles. The van der Waals surface area contributed by atoms with E-state index in [9.17, 15) is 24.3 Å². The number of likely N-dealkylation sites (tertiary alicyclic amines) is 1. The van der Waals surface area contributed by atoms with Crippen molar-refractivity contribution in [3.63, 3.8) is 0 Å². The van der Waals surface area contributed by atoms with Crippen molar-refractivity contribution in [1.29, 1.82) is 0 Å². The fourth-order valence-electron chi connectivity index (χ4n) is 3.00. The van der Waals surface area contributed by atoms with Crippen molar-refractivity contribution in [2.45, 2.75) is 19.3 Å². The zero-order valence-corrected chi connectivity index (χ0v) is 15.9. The number of carbonyl (C=O) groups excluding carboxylic acids is 4. The van der Waals surface area contributed by atoms with Gasteiger partial charge in [-0.25, -0.2) is 0 Å². The number of ether oxygens (including phenoxy) is 1. The van der Waals surface area contributed by atoms with Crippen LogP contribution in [0.4, 0.5) is 4.79 Å². The highest BCUT2D eigenvalue weighted by atomic mass is 32.2. The lowest BCUT2D eigenvalue weighted by Gasteiger charge is -2.27. The average Bonchev–Trinajstić information content (AvgIpc) is 2.94. The number of rotatable bonds is 6. The summed E-state index contributed by atoms with van der Waals surface area (Å²) in [6.45, 7) is 0.475. The van der Waals surface area contributed by atoms with E-state index in [4.69, 9.17) is 4.74 Å². The first kappa shape index (κ1) is 19.9. The van der Waals surface area contributed by atoms with Crippen LogP contribution in [0.25, 0.3) is 6.08 Å². The van der Waals surface area contributed by atoms with Gasteiger partial charge in [0.2, 0.25) is 5.91 Å². The van der Waals surface area contributed by atoms with Gasteiger partial charge >= 0.3 is 0 Å². The molecule has 0 N–H and O–H groups in total. The molecule has 0 radical (unpaired) electrons. The van der Waals surface area contributed by atoms with Crippen LogP contribution in [-0.4, -0.2) is 59.1 Å². The standard InChI is InChI=1S/C19H20N2O6S/c22-16(20-7-2-1-3-8-20)11-21-18(25)15(28-19(21)26)10-13-5-4-6-14(9-13)27-12-17(23)24/h4-6,9-10H,1-3,7-8,11-12H2,(H,23,24)/p-1/b15-10+. The van der Waals surface area contributed by atoms with Crippen molar-refractivity contribution < 1.29 is 29.0 Å². The zero-order valence-electron chi connectivity index (χ0n) is 15.1. The minimum Gasteiger partial charge on any atom is -0.546 e. The molecule has 9 heteroatoms. The smallest absolute Gasteiger partial charge is 0.294 e. The normalized spacial score (nSPS) is 18.6. The molecule has 3 amide bonds. The molecule has 8 nitrogen and oxygen atoms in total. The second-order valence-corrected chi connectivity index (χ2v) is 7.44. The van der Waals surface area contributed by atoms with Gasteiger partial charge in [-0.15, -0.1) is 0 Å². The Bertz CT molecular complexity index is 831. The van der Waals surface area contributed by atoms with Crippen LogP contribution in [-0.2, 0) is 14.4 Å². The SMILES string of the molecule is O=C([O-])COc1cccc(/C=C2/SC(=O)N(CC(=O)N3CCCCC3)C2=O)c1. The number of hydrogen-bond acceptors (Lipinski definition) is 7. The van der Waals surface area contributed by atoms with Crippen LogP contribution in [0, 0.1) is 0 Å². The molecular formula is C19H19N2O6S-. The molecule has 2 fully saturated rings. The summed E-state index contributed by atoms with van der Waals surface area (Å²) < 4.78 is 5.05. The Balaban J connectivity index is 1.68. The van der Waals surface area contributed by atoms with E-state index < -0.39 is 23.7 Å². The predicted molar refractivity (Wildman–Crippen MR) is 100 cm³/mol. The molecule has 0 bridgehead atoms. The monoisotopic (exact) mass is 403 g/mol. The Hall–Kier alpha value is -2.81. The van der Waals surface area contributed by atoms with Crippen molar-refractivity contribution in [2.24, 2.45) is 0 Å². The third-order valence-corrected chi connectivity index (χ3v) is 5.30. The molecule has 28 heavy (non-hydrogen) atoms. The number of carbonyl (C=O) groups is 4. The predicted octanol–water partition coefficient (Wildman–Crippen LogP) is 0.864. The van der Waals surface area contributed by atoms with Gasteiger partial charge in [0.25, 0.3) is 11.1 Å². The fraction of sp³-hybridized carbons (Fsp3) is 0.368. The molecule has 0 spiro atoms. The largest absolute Gasteiger partial charge is 0.546 e. The maximum Gasteiger partial charge on any atom is 0.294 e. The van der Waals surface area contributed by atoms with Gasteiger partial charge in [-0.1, -0.05) is 12.1 Å². The first-order chi connectivity index (χ1) is 13.4. The third-order valence-electron chi connectivity index (χ3n) is 4.39. The summed E-state index contributed by atoms with van der Waals surface area (Å²) >= 11 is 0.772. The van der Waals surface area contributed by atoms with Crippen molar-refractivity contribution in [2.75, 3.05) is 26.2 Å². The van der Waals surface area contributed by atoms with Gasteiger partial charge in [-0.2, -0.15) is 0 Å². The highest BCUT2D eigenvalue weighted by Gasteiger charge is 2.37. The Morgan fingerprint density at radius 1 is 1.18 bits per heavy atom. The van der Waals surface area contributed by atoms with E-state index in [0.29, 0.717) is 24.4 Å². The van der Waals surface area contributed by atoms with E-state index in [0.717, 1.165) is 35.9 Å². The molecule has 3 rings (SSSR count). The summed E-state index contributed by atoms with van der Waals surface area (Å²) in [4.78, 5) is 50.5. The van der Waals surface area contributed by atoms with E-state index in [-0.39, 0.29) is 17.4 Å². The van der Waals surface area contributed by atoms with E-state index in [2.05, 4.69) is 0 Å². The number of hydrogen-bond donors (Lipinski definition) is 0. The van der Waals surface area contributed by atoms with Gasteiger partial charge in [0, 0.05) is 13.1 Å². The van der Waals surface area contributed by atoms with E-state index in [1.165, 1.54) is 6.08 Å². The summed E-state index contributed by atoms with van der Waals surface area (Å²) in [5.41, 5.74) is 0.573. The Morgan fingerprint density at radius 3 is 2.64 bits per heavy atom. The average molecular weight is 403 g/mol. The van der Waals surface area contributed by atoms with Crippen molar-refractivity contribution >= 4 is 40.9 Å². The minimum atomic E-state index is -1.34. The lowest BCUT2D eigenvalue weighted by molar-refractivity contribution is -0.307. The van der Waals surface area contributed by atoms with Gasteiger partial charge in [0.05, 0.1) is 10.9 Å². The van der Waals surface area contributed by atoms with Crippen molar-refractivity contribution in [3.8, 4) is 5.75 Å². The number of nitrogens with zero attached hydrogens (tertiary/aromatic N) is 2. The minimum absolute atomic E-state index is 0.202. The number of benzene rings is 1. The summed E-state index contributed by atoms with van der Waals surface area (Å²) in [6, 6.07) is 6.46. The zero-order chi connectivity index (χ0) is 20.1. The first-order valence-corrected chi connectivity index (χ1v) is 9.71. The Labute approximate surface area is 166 Å². The Kier molecular flexibility index (Phi) is 6.35. The van der Waals surface area contributed by atoms with Crippen LogP contribution in [0.2, 0.25) is 0 Å². The fourth-order valence-corrected chi connectivity index (χ4v) is 3.84. The number of imide groups is 1. The second kappa shape index (κ2) is 8.92. The van der Waals surface area contributed by atoms with Crippen LogP contribution >= 0.6 is 11.8 Å². The highest BCUT2D eigenvalue weighted by Crippen LogP contribution is 2.32. The first-order valence-electron chi connectivity index (χ1n) is 8.90. The Morgan fingerprint density at radius 2 is 1.93 bits per heavy atom. The van der Waals surface area contributed by atoms with Crippen LogP contribution in [0.3, 0.4) is 0 Å². The summed E-state index contributed by atoms with van der Waals surface area (Å²) in [5.74, 6) is -1.77. The molecule has 0 unspecified atom stereocenters. The molecule has 0 aliphatic carbocycles. The number of carboxylic acid groups (broad SMARTS) is 1. The van der Waals surface area contributed by atoms with Crippen LogP contribution < -0.4 is 9.84 Å². The number of amides is 3. The lowest BCUT2D eigenvalue weighted by atomic mass is 10.1. The molecule has 1 aromatic rings. The maximum atomic E-state index is 12.6. The third kappa shape index (κ3) is 4.92. The van der Waals surface area contributed by atoms with Crippen LogP contribution in [0.1, 0.15) is 24.8 Å². The van der Waals surface area contributed by atoms with E-state index in [1.54, 1.807) is 29.2 Å². The lowest BCUT2D eigenvalue weighted by Crippen LogP contribution is -2.44. The van der Waals surface area contributed by atoms with Crippen molar-refractivity contribution in [1.82, 2.24) is 9.80 Å². The number of piperidine rings is 1. The van der Waals surface area contributed by atoms with Gasteiger partial charge in [-0.3, -0.25) is 19.3 Å². The van der Waals surface area contributed by atoms with Crippen LogP contribution in [0.5, 0.6) is 5.75 Å². The maximum absolute atomic E-state index is 12.6. The van der Waals surface area contributed by atoms with Gasteiger partial charge < -0.3 is 19.5 Å². The molecule has 1 aromatic carbocycles. The summed E-state index contributed by atoms with van der Waals surface area (Å²) in [5, 5.41) is 10.0. The van der Waals surface area contributed by atoms with Gasteiger partial charge in [0.1, 0.15) is 18.9 Å². The number of aliphatic carboxylic acids is 1. The topological polar surface area (TPSA) is 107 Å². The molecular weight excluding hydrogens is 384 g/mol. The second-order valence-electron chi connectivity index (χ2n) is 6.44. The van der Waals surface area contributed by atoms with Gasteiger partial charge in [0.15, 0.2) is 0 Å². The van der Waals surface area contributed by atoms with E-state index >= 15 is 0 Å². The number of carboxylic acids is 1.